The average molecular weight is 718 g/mol. The van der Waals surface area contributed by atoms with Gasteiger partial charge in [-0.05, 0) is 68.8 Å². The number of carbonyl (C=O) groups is 2. The number of halogens is 3. The van der Waals surface area contributed by atoms with Crippen molar-refractivity contribution in [3.05, 3.63) is 76.9 Å². The lowest BCUT2D eigenvalue weighted by atomic mass is 10.0. The van der Waals surface area contributed by atoms with Gasteiger partial charge in [-0.3, -0.25) is 24.9 Å². The summed E-state index contributed by atoms with van der Waals surface area (Å²) in [5.74, 6) is -4.71. The summed E-state index contributed by atoms with van der Waals surface area (Å²) < 4.78 is 75.0. The van der Waals surface area contributed by atoms with Crippen molar-refractivity contribution >= 4 is 38.2 Å². The van der Waals surface area contributed by atoms with E-state index in [-0.39, 0.29) is 21.3 Å². The van der Waals surface area contributed by atoms with Gasteiger partial charge < -0.3 is 9.47 Å². The van der Waals surface area contributed by atoms with Crippen molar-refractivity contribution in [2.45, 2.75) is 44.4 Å². The topological polar surface area (TPSA) is 131 Å². The van der Waals surface area contributed by atoms with E-state index in [0.29, 0.717) is 29.5 Å². The van der Waals surface area contributed by atoms with Gasteiger partial charge in [-0.2, -0.15) is 13.2 Å². The molecule has 1 fully saturated rings. The number of pyridine rings is 1. The highest BCUT2D eigenvalue weighted by molar-refractivity contribution is 7.90. The minimum Gasteiger partial charge on any atom is -0.453 e. The van der Waals surface area contributed by atoms with Crippen LogP contribution >= 0.6 is 11.3 Å². The quantitative estimate of drug-likeness (QED) is 0.155. The molecule has 5 rings (SSSR count). The number of hydrogen-bond acceptors (Lipinski definition) is 11. The summed E-state index contributed by atoms with van der Waals surface area (Å²) in [7, 11) is -3.56. The predicted octanol–water partition coefficient (Wildman–Crippen LogP) is 5.96. The van der Waals surface area contributed by atoms with Gasteiger partial charge in [0.25, 0.3) is 5.91 Å². The van der Waals surface area contributed by atoms with Crippen LogP contribution < -0.4 is 14.8 Å². The number of carbonyl (C=O) groups excluding carboxylic acids is 2. The Morgan fingerprint density at radius 3 is 2.37 bits per heavy atom. The predicted molar refractivity (Wildman–Crippen MR) is 178 cm³/mol. The van der Waals surface area contributed by atoms with Crippen LogP contribution in [0.2, 0.25) is 0 Å². The Kier molecular flexibility index (Phi) is 10.7. The third kappa shape index (κ3) is 9.00. The molecule has 0 atom stereocenters. The number of sulfone groups is 1. The number of aromatic nitrogens is 2. The van der Waals surface area contributed by atoms with Crippen molar-refractivity contribution in [2.75, 3.05) is 37.8 Å². The van der Waals surface area contributed by atoms with Crippen molar-refractivity contribution in [3.8, 4) is 28.5 Å². The van der Waals surface area contributed by atoms with E-state index in [2.05, 4.69) is 38.9 Å². The van der Waals surface area contributed by atoms with Crippen molar-refractivity contribution < 1.29 is 40.7 Å². The summed E-state index contributed by atoms with van der Waals surface area (Å²) >= 11 is 1.14. The number of esters is 1. The molecule has 16 heteroatoms. The molecule has 0 spiro atoms. The minimum absolute atomic E-state index is 0.00301. The normalized spacial score (nSPS) is 14.5. The van der Waals surface area contributed by atoms with Crippen molar-refractivity contribution in [3.63, 3.8) is 0 Å². The van der Waals surface area contributed by atoms with Crippen molar-refractivity contribution in [1.29, 1.82) is 0 Å². The number of piperazine rings is 1. The Hall–Kier alpha value is -4.38. The van der Waals surface area contributed by atoms with Gasteiger partial charge in [-0.25, -0.2) is 18.2 Å². The molecule has 4 aromatic rings. The van der Waals surface area contributed by atoms with E-state index < -0.39 is 45.0 Å². The molecular formula is C33H34F3N5O6S2. The summed E-state index contributed by atoms with van der Waals surface area (Å²) in [6, 6.07) is 11.5. The Morgan fingerprint density at radius 1 is 1.06 bits per heavy atom. The molecule has 49 heavy (non-hydrogen) atoms. The van der Waals surface area contributed by atoms with E-state index in [0.717, 1.165) is 43.8 Å². The monoisotopic (exact) mass is 717 g/mol. The fraction of sp³-hybridized carbons (Fsp3) is 0.333. The maximum absolute atomic E-state index is 13.8. The molecule has 0 bridgehead atoms. The molecule has 0 saturated carbocycles. The molecule has 2 aromatic carbocycles. The number of benzene rings is 2. The summed E-state index contributed by atoms with van der Waals surface area (Å²) in [5.41, 5.74) is 1.59. The lowest BCUT2D eigenvalue weighted by Crippen LogP contribution is -2.48. The SMILES string of the molecule is Cc1cccnc1-c1cc(Oc2ccc(S(C)(=O)=O)cc2)c(OC(=O)C(F)(F)F)c(C(=O)Nc2nc(CN3CCN(C(C)C)CC3)cs2)c1. The first-order valence-electron chi connectivity index (χ1n) is 15.2. The number of nitrogens with zero attached hydrogens (tertiary/aromatic N) is 4. The van der Waals surface area contributed by atoms with Crippen molar-refractivity contribution in [2.24, 2.45) is 0 Å². The molecule has 1 saturated heterocycles. The number of amides is 1. The zero-order valence-electron chi connectivity index (χ0n) is 27.1. The van der Waals surface area contributed by atoms with Crippen LogP contribution in [0.25, 0.3) is 11.3 Å². The highest BCUT2D eigenvalue weighted by atomic mass is 32.2. The fourth-order valence-electron chi connectivity index (χ4n) is 5.18. The maximum Gasteiger partial charge on any atom is 0.491 e. The third-order valence-electron chi connectivity index (χ3n) is 7.78. The zero-order valence-corrected chi connectivity index (χ0v) is 28.7. The zero-order chi connectivity index (χ0) is 35.5. The van der Waals surface area contributed by atoms with Gasteiger partial charge in [0.15, 0.2) is 26.5 Å². The molecule has 0 aliphatic carbocycles. The standard InChI is InChI=1S/C33H34F3N5O6S2/c1-20(2)41-14-12-40(13-15-41)18-23-19-48-32(38-23)39-30(42)26-16-22(28-21(3)6-5-11-37-28)17-27(29(26)47-31(43)33(34,35)36)46-24-7-9-25(10-8-24)49(4,44)45/h5-11,16-17,19-20H,12-15,18H2,1-4H3,(H,38,39,42). The van der Waals surface area contributed by atoms with Crippen LogP contribution in [0.15, 0.2) is 65.0 Å². The first-order chi connectivity index (χ1) is 23.1. The number of alkyl halides is 3. The number of ether oxygens (including phenoxy) is 2. The number of nitrogens with one attached hydrogen (secondary N) is 1. The van der Waals surface area contributed by atoms with Gasteiger partial charge in [0, 0.05) is 62.2 Å². The second-order valence-corrected chi connectivity index (χ2v) is 14.6. The number of rotatable bonds is 10. The molecular weight excluding hydrogens is 684 g/mol. The fourth-order valence-corrected chi connectivity index (χ4v) is 6.50. The van der Waals surface area contributed by atoms with Crippen LogP contribution in [0, 0.1) is 6.92 Å². The van der Waals surface area contributed by atoms with Gasteiger partial charge in [0.1, 0.15) is 5.75 Å². The Bertz CT molecular complexity index is 1940. The first kappa shape index (κ1) is 35.9. The molecule has 3 heterocycles. The molecule has 0 radical (unpaired) electrons. The number of anilines is 1. The molecule has 0 unspecified atom stereocenters. The average Bonchev–Trinajstić information content (AvgIpc) is 3.47. The van der Waals surface area contributed by atoms with Gasteiger partial charge >= 0.3 is 12.1 Å². The van der Waals surface area contributed by atoms with Crippen LogP contribution in [0.5, 0.6) is 17.2 Å². The van der Waals surface area contributed by atoms with Crippen LogP contribution in [-0.2, 0) is 21.2 Å². The van der Waals surface area contributed by atoms with E-state index in [1.807, 2.05) is 0 Å². The minimum atomic E-state index is -5.40. The lowest BCUT2D eigenvalue weighted by molar-refractivity contribution is -0.189. The number of aryl methyl sites for hydroxylation is 1. The van der Waals surface area contributed by atoms with Crippen LogP contribution in [0.3, 0.4) is 0 Å². The highest BCUT2D eigenvalue weighted by Gasteiger charge is 2.43. The summed E-state index contributed by atoms with van der Waals surface area (Å²) in [6.45, 7) is 10.2. The largest absolute Gasteiger partial charge is 0.491 e. The molecule has 11 nitrogen and oxygen atoms in total. The smallest absolute Gasteiger partial charge is 0.453 e. The van der Waals surface area contributed by atoms with E-state index in [1.165, 1.54) is 42.6 Å². The summed E-state index contributed by atoms with van der Waals surface area (Å²) in [6.07, 6.45) is -2.88. The highest BCUT2D eigenvalue weighted by Crippen LogP contribution is 2.41. The molecule has 2 aromatic heterocycles. The van der Waals surface area contributed by atoms with Crippen LogP contribution in [-0.4, -0.2) is 84.7 Å². The Balaban J connectivity index is 1.51. The Morgan fingerprint density at radius 2 is 1.76 bits per heavy atom. The second kappa shape index (κ2) is 14.6. The Labute approximate surface area is 285 Å². The lowest BCUT2D eigenvalue weighted by Gasteiger charge is -2.36. The van der Waals surface area contributed by atoms with E-state index in [4.69, 9.17) is 9.47 Å². The van der Waals surface area contributed by atoms with Gasteiger partial charge in [0.05, 0.1) is 21.8 Å². The maximum atomic E-state index is 13.8. The number of thiazole rings is 1. The molecule has 1 N–H and O–H groups in total. The van der Waals surface area contributed by atoms with Crippen LogP contribution in [0.4, 0.5) is 18.3 Å². The molecule has 1 aliphatic rings. The van der Waals surface area contributed by atoms with Crippen LogP contribution in [0.1, 0.15) is 35.5 Å². The van der Waals surface area contributed by atoms with E-state index >= 15 is 0 Å². The van der Waals surface area contributed by atoms with Gasteiger partial charge in [0.2, 0.25) is 0 Å². The second-order valence-electron chi connectivity index (χ2n) is 11.8. The molecule has 1 amide bonds. The van der Waals surface area contributed by atoms with Crippen molar-refractivity contribution in [1.82, 2.24) is 19.8 Å². The first-order valence-corrected chi connectivity index (χ1v) is 17.9. The number of hydrogen-bond donors (Lipinski definition) is 1. The third-order valence-corrected chi connectivity index (χ3v) is 9.72. The summed E-state index contributed by atoms with van der Waals surface area (Å²) in [5, 5.41) is 4.60. The molecule has 1 aliphatic heterocycles. The summed E-state index contributed by atoms with van der Waals surface area (Å²) in [4.78, 5) is 39.5. The molecule has 260 valence electrons. The van der Waals surface area contributed by atoms with E-state index in [9.17, 15) is 31.2 Å². The van der Waals surface area contributed by atoms with Gasteiger partial charge in [-0.15, -0.1) is 11.3 Å². The van der Waals surface area contributed by atoms with Gasteiger partial charge in [-0.1, -0.05) is 6.07 Å². The van der Waals surface area contributed by atoms with E-state index in [1.54, 1.807) is 24.4 Å².